The van der Waals surface area contributed by atoms with Crippen molar-refractivity contribution < 1.29 is 9.66 Å². The summed E-state index contributed by atoms with van der Waals surface area (Å²) in [7, 11) is 0. The van der Waals surface area contributed by atoms with Crippen LogP contribution in [0.5, 0.6) is 0 Å². The maximum absolute atomic E-state index is 11.6. The maximum Gasteiger partial charge on any atom is 0.294 e. The van der Waals surface area contributed by atoms with Crippen molar-refractivity contribution in [3.05, 3.63) is 81.7 Å². The van der Waals surface area contributed by atoms with Crippen molar-refractivity contribution in [2.45, 2.75) is 26.7 Å². The molecule has 152 valence electrons. The number of para-hydroxylation sites is 1. The predicted octanol–water partition coefficient (Wildman–Crippen LogP) is 4.32. The molecule has 8 heteroatoms. The number of aryl methyl sites for hydroxylation is 1. The zero-order valence-corrected chi connectivity index (χ0v) is 16.7. The molecule has 1 unspecified atom stereocenters. The highest BCUT2D eigenvalue weighted by Gasteiger charge is 2.35. The summed E-state index contributed by atoms with van der Waals surface area (Å²) in [4.78, 5) is 13.1. The van der Waals surface area contributed by atoms with E-state index in [0.717, 1.165) is 16.8 Å². The monoisotopic (exact) mass is 403 g/mol. The van der Waals surface area contributed by atoms with Gasteiger partial charge in [-0.25, -0.2) is 0 Å². The van der Waals surface area contributed by atoms with Gasteiger partial charge in [0.05, 0.1) is 10.6 Å². The van der Waals surface area contributed by atoms with Gasteiger partial charge in [0.1, 0.15) is 17.5 Å². The van der Waals surface area contributed by atoms with Gasteiger partial charge < -0.3 is 19.5 Å². The standard InChI is InChI=1S/C22H21N5O3/c1-3-30-22-24-19-5-4-6-20(27(28)29)21(19)26(22)14-16-7-9-17(10-8-16)25-13-15(2)11-18(25)12-23/h4-11,13,22,24H,3,14H2,1-2H3. The molecule has 1 aliphatic rings. The highest BCUT2D eigenvalue weighted by atomic mass is 16.6. The zero-order valence-electron chi connectivity index (χ0n) is 16.7. The lowest BCUT2D eigenvalue weighted by molar-refractivity contribution is -0.384. The van der Waals surface area contributed by atoms with E-state index in [0.29, 0.717) is 30.2 Å². The van der Waals surface area contributed by atoms with Crippen molar-refractivity contribution in [2.24, 2.45) is 0 Å². The number of anilines is 2. The van der Waals surface area contributed by atoms with E-state index in [4.69, 9.17) is 4.74 Å². The molecule has 1 atom stereocenters. The Kier molecular flexibility index (Phi) is 5.12. The SMILES string of the molecule is CCOC1Nc2cccc([N+](=O)[O-])c2N1Cc1ccc(-n2cc(C)cc2C#N)cc1. The first-order valence-electron chi connectivity index (χ1n) is 9.62. The molecular weight excluding hydrogens is 382 g/mol. The summed E-state index contributed by atoms with van der Waals surface area (Å²) < 4.78 is 7.63. The first-order chi connectivity index (χ1) is 14.5. The van der Waals surface area contributed by atoms with Crippen LogP contribution in [0.1, 0.15) is 23.7 Å². The third kappa shape index (κ3) is 3.47. The van der Waals surface area contributed by atoms with Crippen LogP contribution in [0, 0.1) is 28.4 Å². The zero-order chi connectivity index (χ0) is 21.3. The lowest BCUT2D eigenvalue weighted by Crippen LogP contribution is -2.37. The molecule has 0 fully saturated rings. The summed E-state index contributed by atoms with van der Waals surface area (Å²) >= 11 is 0. The molecule has 4 rings (SSSR count). The van der Waals surface area contributed by atoms with Gasteiger partial charge in [-0.1, -0.05) is 18.2 Å². The Balaban J connectivity index is 1.65. The molecule has 2 heterocycles. The van der Waals surface area contributed by atoms with E-state index in [-0.39, 0.29) is 10.6 Å². The lowest BCUT2D eigenvalue weighted by Gasteiger charge is -2.26. The summed E-state index contributed by atoms with van der Waals surface area (Å²) in [6, 6.07) is 16.8. The number of fused-ring (bicyclic) bond motifs is 1. The van der Waals surface area contributed by atoms with Gasteiger partial charge in [-0.05, 0) is 49.2 Å². The first-order valence-corrected chi connectivity index (χ1v) is 9.62. The molecule has 1 N–H and O–H groups in total. The fourth-order valence-electron chi connectivity index (χ4n) is 3.73. The summed E-state index contributed by atoms with van der Waals surface area (Å²) in [5, 5.41) is 24.1. The molecule has 0 amide bonds. The first kappa shape index (κ1) is 19.5. The molecule has 0 spiro atoms. The van der Waals surface area contributed by atoms with E-state index in [9.17, 15) is 15.4 Å². The average Bonchev–Trinajstić information content (AvgIpc) is 3.29. The molecule has 0 saturated carbocycles. The smallest absolute Gasteiger partial charge is 0.294 e. The van der Waals surface area contributed by atoms with Crippen molar-refractivity contribution in [2.75, 3.05) is 16.8 Å². The maximum atomic E-state index is 11.6. The fourth-order valence-corrected chi connectivity index (χ4v) is 3.73. The van der Waals surface area contributed by atoms with Crippen LogP contribution in [-0.2, 0) is 11.3 Å². The average molecular weight is 403 g/mol. The normalized spacial score (nSPS) is 14.8. The number of aromatic nitrogens is 1. The molecule has 0 saturated heterocycles. The minimum Gasteiger partial charge on any atom is -0.341 e. The van der Waals surface area contributed by atoms with Crippen molar-refractivity contribution in [3.8, 4) is 11.8 Å². The molecule has 1 aliphatic heterocycles. The number of nitrogens with zero attached hydrogens (tertiary/aromatic N) is 4. The number of hydrogen-bond donors (Lipinski definition) is 1. The molecule has 8 nitrogen and oxygen atoms in total. The van der Waals surface area contributed by atoms with Crippen LogP contribution in [0.15, 0.2) is 54.7 Å². The van der Waals surface area contributed by atoms with Crippen LogP contribution in [-0.4, -0.2) is 22.4 Å². The quantitative estimate of drug-likeness (QED) is 0.486. The van der Waals surface area contributed by atoms with Crippen LogP contribution in [0.3, 0.4) is 0 Å². The summed E-state index contributed by atoms with van der Waals surface area (Å²) in [6.45, 7) is 4.74. The second kappa shape index (κ2) is 7.89. The third-order valence-corrected chi connectivity index (χ3v) is 5.02. The Bertz CT molecular complexity index is 1130. The van der Waals surface area contributed by atoms with E-state index >= 15 is 0 Å². The van der Waals surface area contributed by atoms with E-state index in [1.807, 2.05) is 65.9 Å². The molecule has 0 bridgehead atoms. The molecule has 2 aromatic carbocycles. The van der Waals surface area contributed by atoms with Gasteiger partial charge in [0.15, 0.2) is 0 Å². The minimum absolute atomic E-state index is 0.0419. The molecule has 30 heavy (non-hydrogen) atoms. The van der Waals surface area contributed by atoms with Crippen LogP contribution in [0.4, 0.5) is 17.1 Å². The van der Waals surface area contributed by atoms with E-state index in [1.54, 1.807) is 6.07 Å². The topological polar surface area (TPSA) is 96.4 Å². The number of nitrogens with one attached hydrogen (secondary N) is 1. The van der Waals surface area contributed by atoms with Gasteiger partial charge in [-0.2, -0.15) is 5.26 Å². The molecule has 0 aliphatic carbocycles. The van der Waals surface area contributed by atoms with Gasteiger partial charge in [0.25, 0.3) is 5.69 Å². The largest absolute Gasteiger partial charge is 0.341 e. The second-order valence-corrected chi connectivity index (χ2v) is 7.06. The number of nitro benzene ring substituents is 1. The Morgan fingerprint density at radius 3 is 2.70 bits per heavy atom. The Hall–Kier alpha value is -3.83. The van der Waals surface area contributed by atoms with Crippen molar-refractivity contribution in [1.29, 1.82) is 5.26 Å². The van der Waals surface area contributed by atoms with Crippen LogP contribution in [0.2, 0.25) is 0 Å². The number of benzene rings is 2. The van der Waals surface area contributed by atoms with Gasteiger partial charge in [-0.15, -0.1) is 0 Å². The van der Waals surface area contributed by atoms with E-state index in [2.05, 4.69) is 11.4 Å². The van der Waals surface area contributed by atoms with Crippen molar-refractivity contribution in [1.82, 2.24) is 4.57 Å². The van der Waals surface area contributed by atoms with Gasteiger partial charge in [0.2, 0.25) is 6.35 Å². The summed E-state index contributed by atoms with van der Waals surface area (Å²) in [6.07, 6.45) is 1.44. The number of nitro groups is 1. The van der Waals surface area contributed by atoms with Crippen molar-refractivity contribution in [3.63, 3.8) is 0 Å². The lowest BCUT2D eigenvalue weighted by atomic mass is 10.1. The van der Waals surface area contributed by atoms with Crippen LogP contribution >= 0.6 is 0 Å². The van der Waals surface area contributed by atoms with Gasteiger partial charge in [0, 0.05) is 31.1 Å². The van der Waals surface area contributed by atoms with Crippen molar-refractivity contribution >= 4 is 17.1 Å². The number of hydrogen-bond acceptors (Lipinski definition) is 6. The summed E-state index contributed by atoms with van der Waals surface area (Å²) in [5.74, 6) is 0. The molecule has 0 radical (unpaired) electrons. The highest BCUT2D eigenvalue weighted by molar-refractivity contribution is 5.83. The van der Waals surface area contributed by atoms with Crippen LogP contribution in [0.25, 0.3) is 5.69 Å². The Morgan fingerprint density at radius 1 is 1.27 bits per heavy atom. The molecular formula is C22H21N5O3. The van der Waals surface area contributed by atoms with Gasteiger partial charge in [-0.3, -0.25) is 10.1 Å². The van der Waals surface area contributed by atoms with E-state index < -0.39 is 6.35 Å². The molecule has 1 aromatic heterocycles. The second-order valence-electron chi connectivity index (χ2n) is 7.06. The number of ether oxygens (including phenoxy) is 1. The highest BCUT2D eigenvalue weighted by Crippen LogP contribution is 2.42. The van der Waals surface area contributed by atoms with Crippen LogP contribution < -0.4 is 10.2 Å². The predicted molar refractivity (Wildman–Crippen MR) is 114 cm³/mol. The fraction of sp³-hybridized carbons (Fsp3) is 0.227. The molecule has 3 aromatic rings. The minimum atomic E-state index is -0.483. The third-order valence-electron chi connectivity index (χ3n) is 5.02. The van der Waals surface area contributed by atoms with Gasteiger partial charge >= 0.3 is 0 Å². The Labute approximate surface area is 174 Å². The number of nitriles is 1. The Morgan fingerprint density at radius 2 is 2.03 bits per heavy atom. The van der Waals surface area contributed by atoms with E-state index in [1.165, 1.54) is 6.07 Å². The summed E-state index contributed by atoms with van der Waals surface area (Å²) in [5.41, 5.74) is 4.69. The number of rotatable bonds is 6.